The van der Waals surface area contributed by atoms with Crippen molar-refractivity contribution in [1.82, 2.24) is 0 Å². The van der Waals surface area contributed by atoms with Gasteiger partial charge in [-0.15, -0.1) is 0 Å². The lowest BCUT2D eigenvalue weighted by atomic mass is 9.46. The highest BCUT2D eigenvalue weighted by molar-refractivity contribution is 6.70. The van der Waals surface area contributed by atoms with Crippen molar-refractivity contribution in [2.24, 2.45) is 17.8 Å². The van der Waals surface area contributed by atoms with E-state index < -0.39 is 0 Å². The number of ether oxygens (including phenoxy) is 1. The summed E-state index contributed by atoms with van der Waals surface area (Å²) in [6, 6.07) is 6.97. The Morgan fingerprint density at radius 2 is 1.57 bits per heavy atom. The number of hydrogen-bond acceptors (Lipinski definition) is 1. The summed E-state index contributed by atoms with van der Waals surface area (Å²) in [4.78, 5) is 0. The summed E-state index contributed by atoms with van der Waals surface area (Å²) in [5.41, 5.74) is 3.45. The van der Waals surface area contributed by atoms with Crippen LogP contribution in [0.15, 0.2) is 18.2 Å². The fourth-order valence-corrected chi connectivity index (χ4v) is 5.94. The zero-order valence-corrected chi connectivity index (χ0v) is 13.7. The largest absolute Gasteiger partial charge is 0.496 e. The van der Waals surface area contributed by atoms with E-state index >= 15 is 0 Å². The molecule has 4 fully saturated rings. The SMILES string of the molecule is COc1ccc(B(C)C)cc1C12CC3CC(CC(C3)C1)C2. The maximum Gasteiger partial charge on any atom is 0.169 e. The third-order valence-electron chi connectivity index (χ3n) is 6.50. The average molecular weight is 282 g/mol. The number of methoxy groups -OCH3 is 1. The van der Waals surface area contributed by atoms with E-state index in [1.807, 2.05) is 7.11 Å². The highest BCUT2D eigenvalue weighted by Crippen LogP contribution is 2.61. The van der Waals surface area contributed by atoms with Crippen LogP contribution in [0.1, 0.15) is 44.1 Å². The van der Waals surface area contributed by atoms with Crippen molar-refractivity contribution < 1.29 is 4.74 Å². The van der Waals surface area contributed by atoms with Crippen LogP contribution in [0.25, 0.3) is 0 Å². The Bertz CT molecular complexity index is 513. The van der Waals surface area contributed by atoms with Crippen LogP contribution in [-0.4, -0.2) is 13.8 Å². The van der Waals surface area contributed by atoms with Gasteiger partial charge >= 0.3 is 0 Å². The van der Waals surface area contributed by atoms with Gasteiger partial charge in [0.25, 0.3) is 0 Å². The normalized spacial score (nSPS) is 36.8. The van der Waals surface area contributed by atoms with Gasteiger partial charge in [0.15, 0.2) is 6.71 Å². The summed E-state index contributed by atoms with van der Waals surface area (Å²) in [6.45, 7) is 5.19. The van der Waals surface area contributed by atoms with Crippen molar-refractivity contribution >= 4 is 12.2 Å². The molecule has 0 aliphatic heterocycles. The van der Waals surface area contributed by atoms with Gasteiger partial charge in [-0.1, -0.05) is 31.2 Å². The van der Waals surface area contributed by atoms with Crippen LogP contribution in [0.5, 0.6) is 5.75 Å². The van der Waals surface area contributed by atoms with Crippen LogP contribution in [0.4, 0.5) is 0 Å². The topological polar surface area (TPSA) is 9.23 Å². The molecule has 1 nitrogen and oxygen atoms in total. The van der Waals surface area contributed by atoms with Crippen molar-refractivity contribution in [2.45, 2.75) is 57.6 Å². The first kappa shape index (κ1) is 13.7. The van der Waals surface area contributed by atoms with Crippen molar-refractivity contribution in [2.75, 3.05) is 7.11 Å². The molecule has 0 spiro atoms. The average Bonchev–Trinajstić information content (AvgIpc) is 2.45. The van der Waals surface area contributed by atoms with Gasteiger partial charge in [0.1, 0.15) is 5.75 Å². The molecule has 0 aromatic heterocycles. The summed E-state index contributed by atoms with van der Waals surface area (Å²) in [6.07, 6.45) is 8.76. The van der Waals surface area contributed by atoms with Crippen LogP contribution in [0.2, 0.25) is 13.6 Å². The van der Waals surface area contributed by atoms with Crippen LogP contribution >= 0.6 is 0 Å². The fraction of sp³-hybridized carbons (Fsp3) is 0.684. The zero-order valence-electron chi connectivity index (χ0n) is 13.7. The molecule has 0 unspecified atom stereocenters. The summed E-state index contributed by atoms with van der Waals surface area (Å²) >= 11 is 0. The second-order valence-electron chi connectivity index (χ2n) is 8.31. The molecule has 4 aliphatic carbocycles. The Kier molecular flexibility index (Phi) is 3.13. The van der Waals surface area contributed by atoms with Gasteiger partial charge in [0.2, 0.25) is 0 Å². The van der Waals surface area contributed by atoms with E-state index in [1.54, 1.807) is 0 Å². The van der Waals surface area contributed by atoms with E-state index in [0.717, 1.165) is 23.5 Å². The van der Waals surface area contributed by atoms with Gasteiger partial charge < -0.3 is 4.74 Å². The highest BCUT2D eigenvalue weighted by Gasteiger charge is 2.52. The van der Waals surface area contributed by atoms with E-state index in [-0.39, 0.29) is 0 Å². The molecule has 4 aliphatic rings. The van der Waals surface area contributed by atoms with Crippen molar-refractivity contribution in [3.63, 3.8) is 0 Å². The Morgan fingerprint density at radius 3 is 2.05 bits per heavy atom. The highest BCUT2D eigenvalue weighted by atomic mass is 16.5. The van der Waals surface area contributed by atoms with E-state index in [1.165, 1.54) is 49.6 Å². The molecule has 4 bridgehead atoms. The molecule has 112 valence electrons. The summed E-state index contributed by atoms with van der Waals surface area (Å²) in [5, 5.41) is 0. The lowest BCUT2D eigenvalue weighted by Gasteiger charge is -2.57. The lowest BCUT2D eigenvalue weighted by molar-refractivity contribution is -0.00611. The Balaban J connectivity index is 1.79. The van der Waals surface area contributed by atoms with Crippen LogP contribution in [-0.2, 0) is 5.41 Å². The van der Waals surface area contributed by atoms with Crippen molar-refractivity contribution in [1.29, 1.82) is 0 Å². The van der Waals surface area contributed by atoms with E-state index in [4.69, 9.17) is 4.74 Å². The minimum absolute atomic E-state index is 0.436. The number of hydrogen-bond donors (Lipinski definition) is 0. The summed E-state index contributed by atoms with van der Waals surface area (Å²) < 4.78 is 5.77. The molecule has 2 heteroatoms. The maximum atomic E-state index is 5.77. The number of rotatable bonds is 3. The zero-order chi connectivity index (χ0) is 14.6. The van der Waals surface area contributed by atoms with Gasteiger partial charge in [0.05, 0.1) is 7.11 Å². The fourth-order valence-electron chi connectivity index (χ4n) is 5.94. The molecule has 0 radical (unpaired) electrons. The quantitative estimate of drug-likeness (QED) is 0.758. The third-order valence-corrected chi connectivity index (χ3v) is 6.50. The van der Waals surface area contributed by atoms with Gasteiger partial charge in [-0.3, -0.25) is 0 Å². The van der Waals surface area contributed by atoms with Crippen molar-refractivity contribution in [3.8, 4) is 5.75 Å². The van der Waals surface area contributed by atoms with Gasteiger partial charge in [-0.25, -0.2) is 0 Å². The number of benzene rings is 1. The molecule has 0 atom stereocenters. The molecule has 0 amide bonds. The van der Waals surface area contributed by atoms with Crippen molar-refractivity contribution in [3.05, 3.63) is 23.8 Å². The Labute approximate surface area is 129 Å². The predicted molar refractivity (Wildman–Crippen MR) is 90.0 cm³/mol. The standard InChI is InChI=1S/C19H27BO/c1-20(2)16-4-5-18(21-3)17(9-16)19-10-13-6-14(11-19)8-15(7-13)12-19/h4-5,9,13-15H,6-8,10-12H2,1-3H3. The molecule has 5 rings (SSSR count). The molecular formula is C19H27BO. The third kappa shape index (κ3) is 2.13. The molecule has 1 aromatic rings. The Morgan fingerprint density at radius 1 is 1.00 bits per heavy atom. The molecule has 0 heterocycles. The summed E-state index contributed by atoms with van der Waals surface area (Å²) in [5.74, 6) is 4.11. The first-order valence-corrected chi connectivity index (χ1v) is 8.78. The monoisotopic (exact) mass is 282 g/mol. The molecule has 21 heavy (non-hydrogen) atoms. The second-order valence-corrected chi connectivity index (χ2v) is 8.31. The molecule has 0 N–H and O–H groups in total. The molecule has 1 aromatic carbocycles. The first-order chi connectivity index (χ1) is 10.1. The van der Waals surface area contributed by atoms with Gasteiger partial charge in [0, 0.05) is 0 Å². The second kappa shape index (κ2) is 4.79. The minimum atomic E-state index is 0.436. The maximum absolute atomic E-state index is 5.77. The predicted octanol–water partition coefficient (Wildman–Crippen LogP) is 4.12. The van der Waals surface area contributed by atoms with Crippen LogP contribution in [0.3, 0.4) is 0 Å². The molecule has 0 saturated heterocycles. The van der Waals surface area contributed by atoms with E-state index in [2.05, 4.69) is 31.8 Å². The van der Waals surface area contributed by atoms with E-state index in [9.17, 15) is 0 Å². The van der Waals surface area contributed by atoms with Gasteiger partial charge in [-0.2, -0.15) is 0 Å². The molecule has 4 saturated carbocycles. The van der Waals surface area contributed by atoms with E-state index in [0.29, 0.717) is 12.1 Å². The minimum Gasteiger partial charge on any atom is -0.496 e. The molecular weight excluding hydrogens is 255 g/mol. The Hall–Kier alpha value is -0.915. The first-order valence-electron chi connectivity index (χ1n) is 8.78. The lowest BCUT2D eigenvalue weighted by Crippen LogP contribution is -2.49. The van der Waals surface area contributed by atoms with Gasteiger partial charge in [-0.05, 0) is 73.3 Å². The smallest absolute Gasteiger partial charge is 0.169 e. The summed E-state index contributed by atoms with van der Waals surface area (Å²) in [7, 11) is 1.84. The van der Waals surface area contributed by atoms with Crippen LogP contribution < -0.4 is 10.2 Å². The van der Waals surface area contributed by atoms with Crippen LogP contribution in [0, 0.1) is 17.8 Å².